The number of pyridine rings is 1. The molecule has 2 heterocycles. The smallest absolute Gasteiger partial charge is 0.206 e. The van der Waals surface area contributed by atoms with Crippen LogP contribution in [0.5, 0.6) is 0 Å². The van der Waals surface area contributed by atoms with Crippen LogP contribution in [0.3, 0.4) is 0 Å². The standard InChI is InChI=1S/C13H8ClN5/c14-9-5-8(6-15)1-2-11(9)19-12-3-4-17-7-10(12)18-13(19)16/h1-5,7H,(H2,16,18). The number of nitrogen functional groups attached to an aromatic ring is 1. The normalized spacial score (nSPS) is 10.5. The number of hydrogen-bond donors (Lipinski definition) is 1. The summed E-state index contributed by atoms with van der Waals surface area (Å²) in [5.74, 6) is 0.328. The number of nitriles is 1. The maximum absolute atomic E-state index is 8.85. The molecule has 2 N–H and O–H groups in total. The van der Waals surface area contributed by atoms with Crippen LogP contribution in [0.25, 0.3) is 16.7 Å². The zero-order chi connectivity index (χ0) is 13.4. The molecule has 0 unspecified atom stereocenters. The Hall–Kier alpha value is -2.58. The van der Waals surface area contributed by atoms with Crippen molar-refractivity contribution >= 4 is 28.6 Å². The molecule has 1 aromatic carbocycles. The fraction of sp³-hybridized carbons (Fsp3) is 0. The maximum atomic E-state index is 8.85. The highest BCUT2D eigenvalue weighted by molar-refractivity contribution is 6.32. The number of fused-ring (bicyclic) bond motifs is 1. The van der Waals surface area contributed by atoms with Crippen molar-refractivity contribution < 1.29 is 0 Å². The molecule has 5 nitrogen and oxygen atoms in total. The summed E-state index contributed by atoms with van der Waals surface area (Å²) in [7, 11) is 0. The SMILES string of the molecule is N#Cc1ccc(-n2c(N)nc3cnccc32)c(Cl)c1. The van der Waals surface area contributed by atoms with E-state index in [9.17, 15) is 0 Å². The molecule has 0 saturated carbocycles. The van der Waals surface area contributed by atoms with Crippen LogP contribution in [-0.2, 0) is 0 Å². The second kappa shape index (κ2) is 4.26. The summed E-state index contributed by atoms with van der Waals surface area (Å²) >= 11 is 6.20. The molecule has 92 valence electrons. The molecule has 0 saturated heterocycles. The third kappa shape index (κ3) is 1.79. The van der Waals surface area contributed by atoms with Crippen molar-refractivity contribution in [2.24, 2.45) is 0 Å². The van der Waals surface area contributed by atoms with Gasteiger partial charge in [-0.25, -0.2) is 4.98 Å². The van der Waals surface area contributed by atoms with Gasteiger partial charge in [-0.2, -0.15) is 5.26 Å². The second-order valence-corrected chi connectivity index (χ2v) is 4.35. The van der Waals surface area contributed by atoms with Crippen molar-refractivity contribution in [1.82, 2.24) is 14.5 Å². The Morgan fingerprint density at radius 1 is 1.32 bits per heavy atom. The molecule has 0 amide bonds. The van der Waals surface area contributed by atoms with E-state index in [-0.39, 0.29) is 0 Å². The van der Waals surface area contributed by atoms with Crippen molar-refractivity contribution in [1.29, 1.82) is 5.26 Å². The van der Waals surface area contributed by atoms with Gasteiger partial charge in [0.05, 0.1) is 34.1 Å². The topological polar surface area (TPSA) is 80.5 Å². The fourth-order valence-electron chi connectivity index (χ4n) is 1.96. The van der Waals surface area contributed by atoms with Gasteiger partial charge in [-0.15, -0.1) is 0 Å². The average Bonchev–Trinajstić information content (AvgIpc) is 2.75. The summed E-state index contributed by atoms with van der Waals surface area (Å²) in [4.78, 5) is 8.23. The van der Waals surface area contributed by atoms with E-state index in [1.165, 1.54) is 0 Å². The van der Waals surface area contributed by atoms with E-state index in [2.05, 4.69) is 9.97 Å². The predicted octanol–water partition coefficient (Wildman–Crippen LogP) is 2.53. The number of nitrogens with two attached hydrogens (primary N) is 1. The Bertz CT molecular complexity index is 816. The Morgan fingerprint density at radius 2 is 2.16 bits per heavy atom. The molecule has 0 aliphatic heterocycles. The lowest BCUT2D eigenvalue weighted by Gasteiger charge is -2.08. The Morgan fingerprint density at radius 3 is 2.89 bits per heavy atom. The van der Waals surface area contributed by atoms with Crippen LogP contribution in [0.4, 0.5) is 5.95 Å². The summed E-state index contributed by atoms with van der Waals surface area (Å²) in [5, 5.41) is 9.30. The van der Waals surface area contributed by atoms with Gasteiger partial charge in [0.2, 0.25) is 5.95 Å². The summed E-state index contributed by atoms with van der Waals surface area (Å²) in [6.07, 6.45) is 3.30. The molecule has 6 heteroatoms. The first-order chi connectivity index (χ1) is 9.20. The largest absolute Gasteiger partial charge is 0.369 e. The molecule has 19 heavy (non-hydrogen) atoms. The summed E-state index contributed by atoms with van der Waals surface area (Å²) < 4.78 is 1.74. The van der Waals surface area contributed by atoms with Gasteiger partial charge in [0.1, 0.15) is 5.52 Å². The lowest BCUT2D eigenvalue weighted by atomic mass is 10.2. The molecule has 2 aromatic heterocycles. The zero-order valence-electron chi connectivity index (χ0n) is 9.71. The lowest BCUT2D eigenvalue weighted by molar-refractivity contribution is 1.11. The van der Waals surface area contributed by atoms with Crippen LogP contribution in [0.2, 0.25) is 5.02 Å². The molecule has 0 atom stereocenters. The van der Waals surface area contributed by atoms with Gasteiger partial charge in [0.15, 0.2) is 0 Å². The van der Waals surface area contributed by atoms with Crippen LogP contribution >= 0.6 is 11.6 Å². The first-order valence-corrected chi connectivity index (χ1v) is 5.86. The highest BCUT2D eigenvalue weighted by Gasteiger charge is 2.12. The van der Waals surface area contributed by atoms with Gasteiger partial charge < -0.3 is 5.73 Å². The number of benzene rings is 1. The first-order valence-electron chi connectivity index (χ1n) is 5.48. The molecular formula is C13H8ClN5. The molecule has 0 aliphatic rings. The molecule has 0 radical (unpaired) electrons. The number of anilines is 1. The third-order valence-electron chi connectivity index (χ3n) is 2.80. The van der Waals surface area contributed by atoms with Gasteiger partial charge >= 0.3 is 0 Å². The fourth-order valence-corrected chi connectivity index (χ4v) is 2.23. The van der Waals surface area contributed by atoms with E-state index in [0.29, 0.717) is 27.7 Å². The Labute approximate surface area is 113 Å². The Balaban J connectivity index is 2.31. The van der Waals surface area contributed by atoms with E-state index in [4.69, 9.17) is 22.6 Å². The first kappa shape index (κ1) is 11.5. The van der Waals surface area contributed by atoms with Crippen LogP contribution in [0, 0.1) is 11.3 Å². The third-order valence-corrected chi connectivity index (χ3v) is 3.10. The average molecular weight is 270 g/mol. The molecule has 3 rings (SSSR count). The van der Waals surface area contributed by atoms with Gasteiger partial charge in [-0.1, -0.05) is 11.6 Å². The molecule has 0 fully saturated rings. The monoisotopic (exact) mass is 269 g/mol. The minimum atomic E-state index is 0.328. The summed E-state index contributed by atoms with van der Waals surface area (Å²) in [6, 6.07) is 8.89. The molecule has 0 bridgehead atoms. The second-order valence-electron chi connectivity index (χ2n) is 3.95. The highest BCUT2D eigenvalue weighted by Crippen LogP contribution is 2.28. The minimum absolute atomic E-state index is 0.328. The number of aromatic nitrogens is 3. The van der Waals surface area contributed by atoms with Crippen molar-refractivity contribution in [2.45, 2.75) is 0 Å². The van der Waals surface area contributed by atoms with Gasteiger partial charge in [-0.05, 0) is 24.3 Å². The molecule has 0 spiro atoms. The number of rotatable bonds is 1. The molecule has 0 aliphatic carbocycles. The van der Waals surface area contributed by atoms with Crippen molar-refractivity contribution in [3.05, 3.63) is 47.2 Å². The number of imidazole rings is 1. The maximum Gasteiger partial charge on any atom is 0.206 e. The van der Waals surface area contributed by atoms with Gasteiger partial charge in [0, 0.05) is 6.20 Å². The van der Waals surface area contributed by atoms with E-state index < -0.39 is 0 Å². The molecule has 3 aromatic rings. The van der Waals surface area contributed by atoms with Crippen LogP contribution in [-0.4, -0.2) is 14.5 Å². The Kier molecular flexibility index (Phi) is 2.58. The van der Waals surface area contributed by atoms with Gasteiger partial charge in [-0.3, -0.25) is 9.55 Å². The van der Waals surface area contributed by atoms with Gasteiger partial charge in [0.25, 0.3) is 0 Å². The van der Waals surface area contributed by atoms with E-state index in [1.807, 2.05) is 12.1 Å². The van der Waals surface area contributed by atoms with E-state index in [0.717, 1.165) is 5.52 Å². The zero-order valence-corrected chi connectivity index (χ0v) is 10.5. The van der Waals surface area contributed by atoms with E-state index in [1.54, 1.807) is 35.2 Å². The summed E-state index contributed by atoms with van der Waals surface area (Å²) in [5.41, 5.74) is 8.62. The number of halogens is 1. The minimum Gasteiger partial charge on any atom is -0.369 e. The van der Waals surface area contributed by atoms with Crippen LogP contribution in [0.15, 0.2) is 36.7 Å². The summed E-state index contributed by atoms with van der Waals surface area (Å²) in [6.45, 7) is 0. The van der Waals surface area contributed by atoms with E-state index >= 15 is 0 Å². The number of hydrogen-bond acceptors (Lipinski definition) is 4. The lowest BCUT2D eigenvalue weighted by Crippen LogP contribution is -2.01. The predicted molar refractivity (Wildman–Crippen MR) is 73.0 cm³/mol. The van der Waals surface area contributed by atoms with Crippen LogP contribution < -0.4 is 5.73 Å². The van der Waals surface area contributed by atoms with Crippen LogP contribution in [0.1, 0.15) is 5.56 Å². The van der Waals surface area contributed by atoms with Crippen molar-refractivity contribution in [3.63, 3.8) is 0 Å². The van der Waals surface area contributed by atoms with Crippen molar-refractivity contribution in [3.8, 4) is 11.8 Å². The highest BCUT2D eigenvalue weighted by atomic mass is 35.5. The number of nitrogens with zero attached hydrogens (tertiary/aromatic N) is 4. The molecular weight excluding hydrogens is 262 g/mol. The quantitative estimate of drug-likeness (QED) is 0.736. The van der Waals surface area contributed by atoms with Crippen molar-refractivity contribution in [2.75, 3.05) is 5.73 Å².